The van der Waals surface area contributed by atoms with E-state index in [0.29, 0.717) is 13.2 Å². The van der Waals surface area contributed by atoms with Gasteiger partial charge in [-0.1, -0.05) is 200 Å². The van der Waals surface area contributed by atoms with Crippen LogP contribution in [0.3, 0.4) is 0 Å². The minimum Gasteiger partial charge on any atom is -0.493 e. The van der Waals surface area contributed by atoms with Crippen molar-refractivity contribution in [3.63, 3.8) is 0 Å². The molecule has 0 unspecified atom stereocenters. The van der Waals surface area contributed by atoms with Crippen LogP contribution in [0.2, 0.25) is 0 Å². The van der Waals surface area contributed by atoms with Crippen LogP contribution in [-0.4, -0.2) is 23.2 Å². The summed E-state index contributed by atoms with van der Waals surface area (Å²) in [6, 6.07) is 44.6. The van der Waals surface area contributed by atoms with Crippen molar-refractivity contribution in [2.24, 2.45) is 0 Å². The normalized spacial score (nSPS) is 12.7. The quantitative estimate of drug-likeness (QED) is 0.0599. The zero-order chi connectivity index (χ0) is 47.7. The Hall–Kier alpha value is -5.56. The first-order valence-electron chi connectivity index (χ1n) is 26.1. The molecular weight excluding hydrogens is 881 g/mol. The number of aromatic nitrogens is 2. The smallest absolute Gasteiger partial charge is 0.138 e. The SMILES string of the molecule is CCCCCCCCC1(CCCCCCCC)c2cc(C)ccc2-c2ccc(-c3sc(-c4ccc(-c5cc(OCC)c(C)s5)c5nc(-c6ccccc6)c(-c6ccccc6)nc45)cc3OCC)cc21. The molecule has 0 aliphatic heterocycles. The van der Waals surface area contributed by atoms with Gasteiger partial charge in [0.1, 0.15) is 11.5 Å². The molecule has 0 fully saturated rings. The van der Waals surface area contributed by atoms with Gasteiger partial charge in [-0.05, 0) is 86.6 Å². The Morgan fingerprint density at radius 2 is 0.928 bits per heavy atom. The molecule has 0 saturated heterocycles. The van der Waals surface area contributed by atoms with E-state index in [9.17, 15) is 0 Å². The Balaban J connectivity index is 1.20. The molecule has 3 heterocycles. The van der Waals surface area contributed by atoms with Gasteiger partial charge in [0, 0.05) is 42.3 Å². The molecule has 0 bridgehead atoms. The van der Waals surface area contributed by atoms with Crippen molar-refractivity contribution < 1.29 is 9.47 Å². The van der Waals surface area contributed by atoms with E-state index in [4.69, 9.17) is 19.4 Å². The van der Waals surface area contributed by atoms with Crippen molar-refractivity contribution in [2.75, 3.05) is 13.2 Å². The minimum absolute atomic E-state index is 0.0117. The number of ether oxygens (including phenoxy) is 2. The van der Waals surface area contributed by atoms with Crippen LogP contribution in [0.15, 0.2) is 121 Å². The average molecular weight is 951 g/mol. The second kappa shape index (κ2) is 22.5. The average Bonchev–Trinajstić information content (AvgIpc) is 4.05. The lowest BCUT2D eigenvalue weighted by Gasteiger charge is -2.33. The Kier molecular flexibility index (Phi) is 15.8. The minimum atomic E-state index is -0.0117. The van der Waals surface area contributed by atoms with Crippen LogP contribution in [0.5, 0.6) is 11.5 Å². The molecule has 4 nitrogen and oxygen atoms in total. The summed E-state index contributed by atoms with van der Waals surface area (Å²) in [6.45, 7) is 14.4. The largest absolute Gasteiger partial charge is 0.493 e. The number of aryl methyl sites for hydroxylation is 2. The number of fused-ring (bicyclic) bond motifs is 4. The van der Waals surface area contributed by atoms with E-state index in [-0.39, 0.29) is 5.41 Å². The van der Waals surface area contributed by atoms with E-state index in [1.807, 2.05) is 18.3 Å². The summed E-state index contributed by atoms with van der Waals surface area (Å²) >= 11 is 3.57. The summed E-state index contributed by atoms with van der Waals surface area (Å²) in [5, 5.41) is 0. The van der Waals surface area contributed by atoms with Crippen LogP contribution in [0, 0.1) is 13.8 Å². The van der Waals surface area contributed by atoms with Gasteiger partial charge in [0.05, 0.1) is 40.5 Å². The first-order chi connectivity index (χ1) is 33.9. The highest BCUT2D eigenvalue weighted by atomic mass is 32.1. The maximum atomic E-state index is 6.64. The topological polar surface area (TPSA) is 44.2 Å². The van der Waals surface area contributed by atoms with Crippen LogP contribution >= 0.6 is 22.7 Å². The second-order valence-corrected chi connectivity index (χ2v) is 21.4. The van der Waals surface area contributed by atoms with Gasteiger partial charge in [0.25, 0.3) is 0 Å². The Labute approximate surface area is 420 Å². The molecule has 0 saturated carbocycles. The third-order valence-corrected chi connectivity index (χ3v) is 16.6. The third-order valence-electron chi connectivity index (χ3n) is 14.3. The van der Waals surface area contributed by atoms with Gasteiger partial charge >= 0.3 is 0 Å². The van der Waals surface area contributed by atoms with E-state index in [1.165, 1.54) is 123 Å². The first kappa shape index (κ1) is 48.5. The zero-order valence-corrected chi connectivity index (χ0v) is 43.5. The van der Waals surface area contributed by atoms with E-state index in [1.54, 1.807) is 16.9 Å². The number of unbranched alkanes of at least 4 members (excludes halogenated alkanes) is 10. The molecule has 0 atom stereocenters. The van der Waals surface area contributed by atoms with Crippen molar-refractivity contribution in [3.05, 3.63) is 143 Å². The highest BCUT2D eigenvalue weighted by molar-refractivity contribution is 7.19. The summed E-state index contributed by atoms with van der Waals surface area (Å²) in [4.78, 5) is 15.9. The summed E-state index contributed by atoms with van der Waals surface area (Å²) in [5.41, 5.74) is 16.2. The fourth-order valence-electron chi connectivity index (χ4n) is 10.8. The number of rotatable bonds is 23. The second-order valence-electron chi connectivity index (χ2n) is 19.1. The van der Waals surface area contributed by atoms with Crippen molar-refractivity contribution in [1.29, 1.82) is 0 Å². The van der Waals surface area contributed by atoms with Gasteiger partial charge in [0.2, 0.25) is 0 Å². The van der Waals surface area contributed by atoms with Gasteiger partial charge in [-0.15, -0.1) is 22.7 Å². The fraction of sp³-hybridized carbons (Fsp3) is 0.365. The molecule has 0 spiro atoms. The van der Waals surface area contributed by atoms with Crippen LogP contribution in [0.4, 0.5) is 0 Å². The van der Waals surface area contributed by atoms with Crippen molar-refractivity contribution >= 4 is 33.7 Å². The molecule has 1 aliphatic carbocycles. The van der Waals surface area contributed by atoms with Crippen LogP contribution in [0.25, 0.3) is 76.0 Å². The fourth-order valence-corrected chi connectivity index (χ4v) is 12.9. The molecule has 0 radical (unpaired) electrons. The molecule has 69 heavy (non-hydrogen) atoms. The Bertz CT molecular complexity index is 2970. The van der Waals surface area contributed by atoms with E-state index >= 15 is 0 Å². The number of hydrogen-bond donors (Lipinski definition) is 0. The third kappa shape index (κ3) is 10.2. The zero-order valence-electron chi connectivity index (χ0n) is 41.9. The standard InChI is InChI=1S/C63H70N2O2S2/c1-7-11-13-15-17-25-37-63(38-26-18-16-14-12-8-2)52-39-43(5)31-33-48(52)49-34-32-47(40-53(49)63)62-55(67-10-4)42-57(69-62)51-36-35-50(56-41-54(66-9-3)44(6)68-56)60-61(51)65-59(46-29-23-20-24-30-46)58(64-60)45-27-21-19-22-28-45/h19-24,27-36,39-42H,7-18,25-26,37-38H2,1-6H3. The highest BCUT2D eigenvalue weighted by Gasteiger charge is 2.42. The monoisotopic (exact) mass is 950 g/mol. The lowest BCUT2D eigenvalue weighted by molar-refractivity contribution is 0.340. The van der Waals surface area contributed by atoms with Crippen LogP contribution in [-0.2, 0) is 5.41 Å². The molecular formula is C63H70N2O2S2. The molecule has 5 aromatic carbocycles. The van der Waals surface area contributed by atoms with Gasteiger partial charge < -0.3 is 9.47 Å². The Morgan fingerprint density at radius 1 is 0.449 bits per heavy atom. The maximum absolute atomic E-state index is 6.64. The first-order valence-corrected chi connectivity index (χ1v) is 27.7. The molecule has 3 aromatic heterocycles. The maximum Gasteiger partial charge on any atom is 0.138 e. The van der Waals surface area contributed by atoms with E-state index < -0.39 is 0 Å². The molecule has 1 aliphatic rings. The summed E-state index contributed by atoms with van der Waals surface area (Å²) in [5.74, 6) is 1.84. The highest BCUT2D eigenvalue weighted by Crippen LogP contribution is 2.56. The van der Waals surface area contributed by atoms with Gasteiger partial charge in [-0.2, -0.15) is 0 Å². The molecule has 8 aromatic rings. The summed E-state index contributed by atoms with van der Waals surface area (Å²) in [7, 11) is 0. The van der Waals surface area contributed by atoms with Gasteiger partial charge in [0.15, 0.2) is 0 Å². The molecule has 0 amide bonds. The molecule has 356 valence electrons. The molecule has 9 rings (SSSR count). The molecule has 6 heteroatoms. The van der Waals surface area contributed by atoms with Crippen LogP contribution in [0.1, 0.15) is 139 Å². The van der Waals surface area contributed by atoms with E-state index in [0.717, 1.165) is 70.8 Å². The summed E-state index contributed by atoms with van der Waals surface area (Å²) in [6.07, 6.45) is 18.0. The van der Waals surface area contributed by atoms with Gasteiger partial charge in [-0.25, -0.2) is 9.97 Å². The molecule has 0 N–H and O–H groups in total. The number of thiophene rings is 2. The number of benzene rings is 5. The van der Waals surface area contributed by atoms with Crippen molar-refractivity contribution in [3.8, 4) is 76.5 Å². The van der Waals surface area contributed by atoms with Crippen molar-refractivity contribution in [1.82, 2.24) is 9.97 Å². The van der Waals surface area contributed by atoms with Gasteiger partial charge in [-0.3, -0.25) is 0 Å². The predicted octanol–water partition coefficient (Wildman–Crippen LogP) is 19.3. The Morgan fingerprint density at radius 3 is 1.49 bits per heavy atom. The lowest BCUT2D eigenvalue weighted by atomic mass is 9.70. The van der Waals surface area contributed by atoms with E-state index in [2.05, 4.69) is 156 Å². The predicted molar refractivity (Wildman–Crippen MR) is 296 cm³/mol. The lowest BCUT2D eigenvalue weighted by Crippen LogP contribution is -2.25. The van der Waals surface area contributed by atoms with Crippen molar-refractivity contribution in [2.45, 2.75) is 137 Å². The number of hydrogen-bond acceptors (Lipinski definition) is 6. The summed E-state index contributed by atoms with van der Waals surface area (Å²) < 4.78 is 12.7. The van der Waals surface area contributed by atoms with Crippen LogP contribution < -0.4 is 9.47 Å². The number of nitrogens with zero attached hydrogens (tertiary/aromatic N) is 2.